The lowest BCUT2D eigenvalue weighted by atomic mass is 10.2. The summed E-state index contributed by atoms with van der Waals surface area (Å²) < 4.78 is 57.1. The Bertz CT molecular complexity index is 1070. The van der Waals surface area contributed by atoms with Crippen LogP contribution in [0.5, 0.6) is 5.75 Å². The molecule has 0 radical (unpaired) electrons. The van der Waals surface area contributed by atoms with E-state index in [2.05, 4.69) is 20.4 Å². The number of hydrogen-bond donors (Lipinski definition) is 1. The minimum atomic E-state index is -4.24. The molecule has 3 heterocycles. The first-order valence-electron chi connectivity index (χ1n) is 9.51. The smallest absolute Gasteiger partial charge is 0.340 e. The predicted octanol–water partition coefficient (Wildman–Crippen LogP) is 3.14. The molecule has 0 unspecified atom stereocenters. The summed E-state index contributed by atoms with van der Waals surface area (Å²) in [6.45, 7) is 2.80. The van der Waals surface area contributed by atoms with Crippen molar-refractivity contribution < 1.29 is 27.1 Å². The van der Waals surface area contributed by atoms with E-state index in [4.69, 9.17) is 4.74 Å². The monoisotopic (exact) mass is 439 g/mol. The molecular formula is C20H21F4N5O2. The molecule has 0 aliphatic carbocycles. The van der Waals surface area contributed by atoms with Gasteiger partial charge < -0.3 is 10.1 Å². The van der Waals surface area contributed by atoms with Gasteiger partial charge in [0.15, 0.2) is 6.61 Å². The van der Waals surface area contributed by atoms with Crippen LogP contribution in [0.3, 0.4) is 0 Å². The van der Waals surface area contributed by atoms with Crippen molar-refractivity contribution in [3.8, 4) is 5.75 Å². The first-order valence-corrected chi connectivity index (χ1v) is 9.51. The van der Waals surface area contributed by atoms with Crippen molar-refractivity contribution >= 4 is 16.8 Å². The number of fused-ring (bicyclic) bond motifs is 1. The maximum absolute atomic E-state index is 13.0. The average Bonchev–Trinajstić information content (AvgIpc) is 3.11. The van der Waals surface area contributed by atoms with E-state index in [0.717, 1.165) is 5.39 Å². The number of likely N-dealkylation sites (N-methyl/N-ethyl adjacent to an activating group) is 1. The number of hydrogen-bond acceptors (Lipinski definition) is 5. The average molecular weight is 439 g/mol. The normalized spacial score (nSPS) is 11.8. The van der Waals surface area contributed by atoms with Gasteiger partial charge in [0, 0.05) is 24.3 Å². The number of aromatic nitrogens is 4. The Kier molecular flexibility index (Phi) is 6.71. The largest absolute Gasteiger partial charge is 0.485 e. The minimum absolute atomic E-state index is 0.00289. The lowest BCUT2D eigenvalue weighted by molar-refractivity contribution is -0.148. The molecule has 0 saturated heterocycles. The van der Waals surface area contributed by atoms with E-state index in [-0.39, 0.29) is 24.6 Å². The zero-order valence-corrected chi connectivity index (χ0v) is 16.9. The standard InChI is InChI=1S/C20H21F4N5O2/c1-3-25-18(30)7-16-14-10-29(28-15(14)4-5-26-16)9-13-6-12(2)17(8-27-13)31-11-20(23,24)19(21)22/h4-6,8,10,19H,3,7,9,11H2,1-2H3,(H,25,30). The molecule has 0 bridgehead atoms. The number of nitrogens with zero attached hydrogens (tertiary/aromatic N) is 4. The zero-order valence-electron chi connectivity index (χ0n) is 16.9. The lowest BCUT2D eigenvalue weighted by Crippen LogP contribution is -2.33. The second-order valence-corrected chi connectivity index (χ2v) is 6.94. The number of halogens is 4. The number of aryl methyl sites for hydroxylation is 1. The van der Waals surface area contributed by atoms with Crippen molar-refractivity contribution in [2.24, 2.45) is 0 Å². The van der Waals surface area contributed by atoms with Crippen LogP contribution in [0.4, 0.5) is 17.6 Å². The molecule has 3 rings (SSSR count). The van der Waals surface area contributed by atoms with Crippen molar-refractivity contribution in [1.29, 1.82) is 0 Å². The molecule has 1 N–H and O–H groups in total. The van der Waals surface area contributed by atoms with Gasteiger partial charge in [-0.05, 0) is 31.5 Å². The predicted molar refractivity (Wildman–Crippen MR) is 104 cm³/mol. The van der Waals surface area contributed by atoms with Gasteiger partial charge in [-0.15, -0.1) is 0 Å². The second kappa shape index (κ2) is 9.27. The third-order valence-electron chi connectivity index (χ3n) is 4.45. The van der Waals surface area contributed by atoms with E-state index in [1.807, 2.05) is 6.92 Å². The van der Waals surface area contributed by atoms with Gasteiger partial charge >= 0.3 is 12.3 Å². The van der Waals surface area contributed by atoms with Crippen LogP contribution in [-0.2, 0) is 17.8 Å². The highest BCUT2D eigenvalue weighted by molar-refractivity contribution is 5.86. The molecule has 0 atom stereocenters. The molecule has 0 aliphatic rings. The van der Waals surface area contributed by atoms with Gasteiger partial charge in [-0.1, -0.05) is 0 Å². The number of carbonyl (C=O) groups is 1. The highest BCUT2D eigenvalue weighted by atomic mass is 19.3. The molecule has 166 valence electrons. The van der Waals surface area contributed by atoms with Crippen LogP contribution in [0, 0.1) is 6.92 Å². The molecule has 3 aromatic rings. The molecule has 3 aromatic heterocycles. The number of nitrogens with one attached hydrogen (secondary N) is 1. The summed E-state index contributed by atoms with van der Waals surface area (Å²) in [5.74, 6) is -4.37. The Balaban J connectivity index is 1.74. The minimum Gasteiger partial charge on any atom is -0.485 e. The van der Waals surface area contributed by atoms with Gasteiger partial charge in [0.2, 0.25) is 5.91 Å². The summed E-state index contributed by atoms with van der Waals surface area (Å²) in [6.07, 6.45) is 0.877. The highest BCUT2D eigenvalue weighted by Gasteiger charge is 2.41. The molecule has 11 heteroatoms. The first-order chi connectivity index (χ1) is 14.7. The lowest BCUT2D eigenvalue weighted by Gasteiger charge is -2.17. The van der Waals surface area contributed by atoms with Gasteiger partial charge in [-0.3, -0.25) is 19.4 Å². The number of alkyl halides is 4. The fraction of sp³-hybridized carbons (Fsp3) is 0.400. The number of pyridine rings is 2. The van der Waals surface area contributed by atoms with E-state index < -0.39 is 19.0 Å². The first kappa shape index (κ1) is 22.4. The van der Waals surface area contributed by atoms with E-state index >= 15 is 0 Å². The quantitative estimate of drug-likeness (QED) is 0.518. The number of rotatable bonds is 9. The van der Waals surface area contributed by atoms with Crippen molar-refractivity contribution in [2.45, 2.75) is 39.2 Å². The molecular weight excluding hydrogens is 418 g/mol. The fourth-order valence-electron chi connectivity index (χ4n) is 2.92. The summed E-state index contributed by atoms with van der Waals surface area (Å²) in [7, 11) is 0. The van der Waals surface area contributed by atoms with Crippen LogP contribution in [-0.4, -0.2) is 51.2 Å². The highest BCUT2D eigenvalue weighted by Crippen LogP contribution is 2.26. The Morgan fingerprint density at radius 3 is 2.77 bits per heavy atom. The SMILES string of the molecule is CCNC(=O)Cc1nccc2nn(Cc3cc(C)c(OCC(F)(F)C(F)F)cn3)cc12. The topological polar surface area (TPSA) is 81.9 Å². The summed E-state index contributed by atoms with van der Waals surface area (Å²) in [5.41, 5.74) is 2.31. The molecule has 0 aliphatic heterocycles. The van der Waals surface area contributed by atoms with Crippen LogP contribution in [0.1, 0.15) is 23.9 Å². The van der Waals surface area contributed by atoms with Gasteiger partial charge in [-0.25, -0.2) is 8.78 Å². The van der Waals surface area contributed by atoms with E-state index in [1.54, 1.807) is 36.1 Å². The number of ether oxygens (including phenoxy) is 1. The number of carbonyl (C=O) groups excluding carboxylic acids is 1. The van der Waals surface area contributed by atoms with Crippen molar-refractivity contribution in [3.05, 3.63) is 47.7 Å². The van der Waals surface area contributed by atoms with Crippen LogP contribution >= 0.6 is 0 Å². The molecule has 7 nitrogen and oxygen atoms in total. The van der Waals surface area contributed by atoms with Gasteiger partial charge in [-0.2, -0.15) is 13.9 Å². The van der Waals surface area contributed by atoms with E-state index in [1.165, 1.54) is 6.20 Å². The molecule has 31 heavy (non-hydrogen) atoms. The van der Waals surface area contributed by atoms with Gasteiger partial charge in [0.25, 0.3) is 0 Å². The summed E-state index contributed by atoms with van der Waals surface area (Å²) >= 11 is 0. The molecule has 0 aromatic carbocycles. The zero-order chi connectivity index (χ0) is 22.6. The van der Waals surface area contributed by atoms with E-state index in [9.17, 15) is 22.4 Å². The van der Waals surface area contributed by atoms with Crippen LogP contribution in [0.2, 0.25) is 0 Å². The molecule has 0 fully saturated rings. The Morgan fingerprint density at radius 1 is 1.32 bits per heavy atom. The third kappa shape index (κ3) is 5.47. The van der Waals surface area contributed by atoms with Crippen LogP contribution < -0.4 is 10.1 Å². The third-order valence-corrected chi connectivity index (χ3v) is 4.45. The molecule has 1 amide bonds. The van der Waals surface area contributed by atoms with Crippen molar-refractivity contribution in [1.82, 2.24) is 25.1 Å². The van der Waals surface area contributed by atoms with Crippen molar-refractivity contribution in [3.63, 3.8) is 0 Å². The number of amides is 1. The molecule has 0 spiro atoms. The van der Waals surface area contributed by atoms with Crippen LogP contribution in [0.15, 0.2) is 30.7 Å². The Morgan fingerprint density at radius 2 is 2.10 bits per heavy atom. The Hall–Kier alpha value is -3.24. The van der Waals surface area contributed by atoms with Gasteiger partial charge in [0.05, 0.1) is 36.1 Å². The summed E-state index contributed by atoms with van der Waals surface area (Å²) in [4.78, 5) is 20.3. The second-order valence-electron chi connectivity index (χ2n) is 6.94. The maximum atomic E-state index is 13.0. The van der Waals surface area contributed by atoms with Gasteiger partial charge in [0.1, 0.15) is 5.75 Å². The molecule has 0 saturated carbocycles. The fourth-order valence-corrected chi connectivity index (χ4v) is 2.92. The summed E-state index contributed by atoms with van der Waals surface area (Å²) in [6, 6.07) is 3.34. The van der Waals surface area contributed by atoms with Crippen molar-refractivity contribution in [2.75, 3.05) is 13.2 Å². The van der Waals surface area contributed by atoms with Crippen LogP contribution in [0.25, 0.3) is 10.9 Å². The summed E-state index contributed by atoms with van der Waals surface area (Å²) in [5, 5.41) is 7.92. The Labute approximate surface area is 175 Å². The maximum Gasteiger partial charge on any atom is 0.340 e. The van der Waals surface area contributed by atoms with E-state index in [0.29, 0.717) is 29.0 Å².